The van der Waals surface area contributed by atoms with Crippen molar-refractivity contribution in [3.8, 4) is 0 Å². The van der Waals surface area contributed by atoms with E-state index in [0.717, 1.165) is 18.0 Å². The Labute approximate surface area is 101 Å². The van der Waals surface area contributed by atoms with Gasteiger partial charge >= 0.3 is 0 Å². The van der Waals surface area contributed by atoms with Crippen LogP contribution in [0.15, 0.2) is 0 Å². The summed E-state index contributed by atoms with van der Waals surface area (Å²) in [5.41, 5.74) is 0. The third kappa shape index (κ3) is 3.48. The molecule has 0 aliphatic heterocycles. The Morgan fingerprint density at radius 2 is 1.50 bits per heavy atom. The average Bonchev–Trinajstić information content (AvgIpc) is 2.69. The molecule has 1 nitrogen and oxygen atoms in total. The molecule has 0 spiro atoms. The highest BCUT2D eigenvalue weighted by molar-refractivity contribution is 4.85. The molecule has 0 bridgehead atoms. The van der Waals surface area contributed by atoms with E-state index in [0.29, 0.717) is 0 Å². The van der Waals surface area contributed by atoms with Crippen molar-refractivity contribution >= 4 is 0 Å². The summed E-state index contributed by atoms with van der Waals surface area (Å²) in [5, 5.41) is 3.99. The normalized spacial score (nSPS) is 33.6. The van der Waals surface area contributed by atoms with Gasteiger partial charge in [-0.15, -0.1) is 0 Å². The fraction of sp³-hybridized carbons (Fsp3) is 1.00. The summed E-state index contributed by atoms with van der Waals surface area (Å²) in [4.78, 5) is 0. The largest absolute Gasteiger partial charge is 0.311 e. The molecule has 2 aliphatic rings. The van der Waals surface area contributed by atoms with E-state index in [-0.39, 0.29) is 0 Å². The van der Waals surface area contributed by atoms with Gasteiger partial charge in [-0.25, -0.2) is 0 Å². The monoisotopic (exact) mass is 223 g/mol. The number of hydrogen-bond donors (Lipinski definition) is 1. The molecule has 0 aromatic heterocycles. The minimum absolute atomic E-state index is 0.845. The summed E-state index contributed by atoms with van der Waals surface area (Å²) < 4.78 is 0. The minimum Gasteiger partial charge on any atom is -0.311 e. The van der Waals surface area contributed by atoms with Gasteiger partial charge in [0.15, 0.2) is 0 Å². The lowest BCUT2D eigenvalue weighted by Gasteiger charge is -2.28. The van der Waals surface area contributed by atoms with Crippen LogP contribution in [0.4, 0.5) is 0 Å². The van der Waals surface area contributed by atoms with Crippen LogP contribution in [0.3, 0.4) is 0 Å². The summed E-state index contributed by atoms with van der Waals surface area (Å²) in [6.07, 6.45) is 16.0. The van der Waals surface area contributed by atoms with Crippen LogP contribution in [-0.4, -0.2) is 12.1 Å². The highest BCUT2D eigenvalue weighted by atomic mass is 15.0. The van der Waals surface area contributed by atoms with Gasteiger partial charge in [0.05, 0.1) is 0 Å². The Kier molecular flexibility index (Phi) is 5.15. The molecule has 0 aromatic carbocycles. The van der Waals surface area contributed by atoms with Crippen LogP contribution in [0.5, 0.6) is 0 Å². The SMILES string of the molecule is CCC1CCCC1NC1CCCCCCC1. The molecule has 1 heteroatoms. The second kappa shape index (κ2) is 6.64. The average molecular weight is 223 g/mol. The van der Waals surface area contributed by atoms with Gasteiger partial charge in [0.2, 0.25) is 0 Å². The van der Waals surface area contributed by atoms with E-state index in [1.807, 2.05) is 0 Å². The third-order valence-corrected chi connectivity index (χ3v) is 4.74. The Morgan fingerprint density at radius 3 is 2.19 bits per heavy atom. The predicted octanol–water partition coefficient (Wildman–Crippen LogP) is 4.27. The molecule has 1 N–H and O–H groups in total. The molecule has 2 fully saturated rings. The zero-order valence-electron chi connectivity index (χ0n) is 11.0. The van der Waals surface area contributed by atoms with Crippen molar-refractivity contribution < 1.29 is 0 Å². The van der Waals surface area contributed by atoms with E-state index in [4.69, 9.17) is 0 Å². The maximum atomic E-state index is 3.99. The van der Waals surface area contributed by atoms with Gasteiger partial charge in [0.1, 0.15) is 0 Å². The fourth-order valence-corrected chi connectivity index (χ4v) is 3.67. The van der Waals surface area contributed by atoms with Crippen LogP contribution in [0.1, 0.15) is 77.6 Å². The van der Waals surface area contributed by atoms with Crippen LogP contribution >= 0.6 is 0 Å². The van der Waals surface area contributed by atoms with Gasteiger partial charge < -0.3 is 5.32 Å². The van der Waals surface area contributed by atoms with Crippen molar-refractivity contribution in [1.82, 2.24) is 5.32 Å². The zero-order valence-corrected chi connectivity index (χ0v) is 11.0. The van der Waals surface area contributed by atoms with E-state index in [1.165, 1.54) is 70.6 Å². The summed E-state index contributed by atoms with van der Waals surface area (Å²) >= 11 is 0. The molecule has 2 unspecified atom stereocenters. The van der Waals surface area contributed by atoms with E-state index in [1.54, 1.807) is 0 Å². The number of rotatable bonds is 3. The molecule has 0 aromatic rings. The first kappa shape index (κ1) is 12.4. The van der Waals surface area contributed by atoms with Gasteiger partial charge in [0, 0.05) is 12.1 Å². The van der Waals surface area contributed by atoms with Crippen molar-refractivity contribution in [2.45, 2.75) is 89.6 Å². The van der Waals surface area contributed by atoms with Crippen LogP contribution in [0, 0.1) is 5.92 Å². The highest BCUT2D eigenvalue weighted by Gasteiger charge is 2.27. The lowest BCUT2D eigenvalue weighted by molar-refractivity contribution is 0.307. The van der Waals surface area contributed by atoms with Gasteiger partial charge in [-0.2, -0.15) is 0 Å². The predicted molar refractivity (Wildman–Crippen MR) is 70.7 cm³/mol. The van der Waals surface area contributed by atoms with E-state index >= 15 is 0 Å². The first-order valence-corrected chi connectivity index (χ1v) is 7.66. The van der Waals surface area contributed by atoms with E-state index in [9.17, 15) is 0 Å². The first-order valence-electron chi connectivity index (χ1n) is 7.66. The smallest absolute Gasteiger partial charge is 0.00978 e. The van der Waals surface area contributed by atoms with Crippen molar-refractivity contribution in [3.63, 3.8) is 0 Å². The van der Waals surface area contributed by atoms with Crippen LogP contribution in [0.25, 0.3) is 0 Å². The summed E-state index contributed by atoms with van der Waals surface area (Å²) in [7, 11) is 0. The van der Waals surface area contributed by atoms with Crippen LogP contribution in [0.2, 0.25) is 0 Å². The van der Waals surface area contributed by atoms with Crippen molar-refractivity contribution in [2.75, 3.05) is 0 Å². The molecule has 2 aliphatic carbocycles. The molecule has 0 saturated heterocycles. The topological polar surface area (TPSA) is 12.0 Å². The standard InChI is InChI=1S/C15H29N/c1-2-13-9-8-12-15(13)16-14-10-6-4-3-5-7-11-14/h13-16H,2-12H2,1H3. The molecular formula is C15H29N. The second-order valence-corrected chi connectivity index (χ2v) is 5.91. The molecule has 2 rings (SSSR count). The first-order chi connectivity index (χ1) is 7.90. The Bertz CT molecular complexity index is 182. The zero-order chi connectivity index (χ0) is 11.2. The molecule has 2 saturated carbocycles. The van der Waals surface area contributed by atoms with Crippen molar-refractivity contribution in [2.24, 2.45) is 5.92 Å². The van der Waals surface area contributed by atoms with Gasteiger partial charge in [-0.1, -0.05) is 51.9 Å². The maximum absolute atomic E-state index is 3.99. The molecular weight excluding hydrogens is 194 g/mol. The lowest BCUT2D eigenvalue weighted by Crippen LogP contribution is -2.40. The number of hydrogen-bond acceptors (Lipinski definition) is 1. The van der Waals surface area contributed by atoms with Gasteiger partial charge in [-0.3, -0.25) is 0 Å². The molecule has 94 valence electrons. The number of nitrogens with one attached hydrogen (secondary N) is 1. The highest BCUT2D eigenvalue weighted by Crippen LogP contribution is 2.29. The lowest BCUT2D eigenvalue weighted by atomic mass is 9.94. The molecule has 16 heavy (non-hydrogen) atoms. The summed E-state index contributed by atoms with van der Waals surface area (Å²) in [6.45, 7) is 2.36. The van der Waals surface area contributed by atoms with Crippen LogP contribution < -0.4 is 5.32 Å². The fourth-order valence-electron chi connectivity index (χ4n) is 3.67. The van der Waals surface area contributed by atoms with Gasteiger partial charge in [0.25, 0.3) is 0 Å². The van der Waals surface area contributed by atoms with E-state index < -0.39 is 0 Å². The Balaban J connectivity index is 1.77. The minimum atomic E-state index is 0.845. The summed E-state index contributed by atoms with van der Waals surface area (Å²) in [6, 6.07) is 1.70. The molecule has 2 atom stereocenters. The van der Waals surface area contributed by atoms with E-state index in [2.05, 4.69) is 12.2 Å². The van der Waals surface area contributed by atoms with Gasteiger partial charge in [-0.05, 0) is 31.6 Å². The Morgan fingerprint density at radius 1 is 0.812 bits per heavy atom. The third-order valence-electron chi connectivity index (χ3n) is 4.74. The maximum Gasteiger partial charge on any atom is 0.00978 e. The molecule has 0 heterocycles. The Hall–Kier alpha value is -0.0400. The quantitative estimate of drug-likeness (QED) is 0.753. The van der Waals surface area contributed by atoms with Crippen LogP contribution in [-0.2, 0) is 0 Å². The second-order valence-electron chi connectivity index (χ2n) is 5.91. The van der Waals surface area contributed by atoms with Crippen molar-refractivity contribution in [1.29, 1.82) is 0 Å². The summed E-state index contributed by atoms with van der Waals surface area (Å²) in [5.74, 6) is 0.977. The molecule has 0 radical (unpaired) electrons. The van der Waals surface area contributed by atoms with Crippen molar-refractivity contribution in [3.05, 3.63) is 0 Å². The molecule has 0 amide bonds.